The predicted octanol–water partition coefficient (Wildman–Crippen LogP) is 5.99. The van der Waals surface area contributed by atoms with Crippen molar-refractivity contribution in [3.8, 4) is 11.6 Å². The first-order valence-corrected chi connectivity index (χ1v) is 11.0. The molecule has 1 unspecified atom stereocenters. The van der Waals surface area contributed by atoms with Gasteiger partial charge in [-0.05, 0) is 82.6 Å². The Morgan fingerprint density at radius 2 is 1.76 bits per heavy atom. The first-order chi connectivity index (χ1) is 15.6. The number of pyridine rings is 1. The van der Waals surface area contributed by atoms with E-state index in [1.54, 1.807) is 17.0 Å². The van der Waals surface area contributed by atoms with Gasteiger partial charge in [-0.3, -0.25) is 9.69 Å². The summed E-state index contributed by atoms with van der Waals surface area (Å²) in [6.07, 6.45) is -0.387. The number of hydrogen-bond acceptors (Lipinski definition) is 5. The second kappa shape index (κ2) is 9.90. The van der Waals surface area contributed by atoms with Crippen molar-refractivity contribution in [2.75, 3.05) is 11.4 Å². The van der Waals surface area contributed by atoms with Gasteiger partial charge >= 0.3 is 6.09 Å². The number of amides is 2. The average molecular weight is 450 g/mol. The molecular weight excluding hydrogens is 418 g/mol. The summed E-state index contributed by atoms with van der Waals surface area (Å²) >= 11 is 0. The van der Waals surface area contributed by atoms with Crippen molar-refractivity contribution >= 4 is 28.6 Å². The van der Waals surface area contributed by atoms with E-state index in [4.69, 9.17) is 9.47 Å². The number of hydrogen-bond donors (Lipinski definition) is 1. The zero-order valence-electron chi connectivity index (χ0n) is 20.0. The van der Waals surface area contributed by atoms with Gasteiger partial charge in [-0.2, -0.15) is 0 Å². The molecule has 0 fully saturated rings. The second-order valence-corrected chi connectivity index (χ2v) is 8.84. The number of benzene rings is 2. The van der Waals surface area contributed by atoms with E-state index in [9.17, 15) is 9.59 Å². The Morgan fingerprint density at radius 1 is 1.06 bits per heavy atom. The van der Waals surface area contributed by atoms with Gasteiger partial charge < -0.3 is 14.8 Å². The minimum Gasteiger partial charge on any atom is -0.443 e. The monoisotopic (exact) mass is 449 g/mol. The molecule has 1 aromatic heterocycles. The maximum absolute atomic E-state index is 12.5. The highest BCUT2D eigenvalue weighted by molar-refractivity contribution is 5.88. The number of ether oxygens (including phenoxy) is 2. The number of rotatable bonds is 6. The Morgan fingerprint density at radius 3 is 2.36 bits per heavy atom. The summed E-state index contributed by atoms with van der Waals surface area (Å²) in [6, 6.07) is 16.8. The molecule has 2 amide bonds. The fraction of sp³-hybridized carbons (Fsp3) is 0.346. The number of carbonyl (C=O) groups excluding carboxylic acids is 2. The molecule has 0 radical (unpaired) electrons. The zero-order valence-corrected chi connectivity index (χ0v) is 20.0. The van der Waals surface area contributed by atoms with Crippen molar-refractivity contribution in [1.29, 1.82) is 0 Å². The van der Waals surface area contributed by atoms with Crippen LogP contribution in [0.15, 0.2) is 54.6 Å². The van der Waals surface area contributed by atoms with Crippen LogP contribution in [0.5, 0.6) is 11.6 Å². The minimum atomic E-state index is -0.557. The molecule has 7 nitrogen and oxygen atoms in total. The first-order valence-electron chi connectivity index (χ1n) is 11.0. The zero-order chi connectivity index (χ0) is 24.2. The number of nitrogens with zero attached hydrogens (tertiary/aromatic N) is 2. The number of nitrogens with one attached hydrogen (secondary N) is 1. The highest BCUT2D eigenvalue weighted by Crippen LogP contribution is 2.27. The lowest BCUT2D eigenvalue weighted by Crippen LogP contribution is -2.36. The van der Waals surface area contributed by atoms with Gasteiger partial charge in [-0.25, -0.2) is 9.78 Å². The standard InChI is InChI=1S/C26H31N3O4/c1-7-29(25(31)33-26(4,5)6)21-10-12-22(13-11-21)32-24-15-9-20-16-19(8-14-23(20)28-24)17(2)27-18(3)30/h8-17H,7H2,1-6H3,(H,27,30). The number of fused-ring (bicyclic) bond motifs is 1. The number of anilines is 1. The lowest BCUT2D eigenvalue weighted by atomic mass is 10.1. The quantitative estimate of drug-likeness (QED) is 0.500. The van der Waals surface area contributed by atoms with Crippen LogP contribution in [0.25, 0.3) is 10.9 Å². The Hall–Kier alpha value is -3.61. The van der Waals surface area contributed by atoms with Gasteiger partial charge in [0, 0.05) is 30.6 Å². The van der Waals surface area contributed by atoms with Gasteiger partial charge in [-0.15, -0.1) is 0 Å². The van der Waals surface area contributed by atoms with E-state index >= 15 is 0 Å². The third kappa shape index (κ3) is 6.44. The van der Waals surface area contributed by atoms with Crippen molar-refractivity contribution in [2.24, 2.45) is 0 Å². The predicted molar refractivity (Wildman–Crippen MR) is 130 cm³/mol. The Labute approximate surface area is 194 Å². The molecule has 0 saturated carbocycles. The Bertz CT molecular complexity index is 1140. The van der Waals surface area contributed by atoms with Crippen LogP contribution >= 0.6 is 0 Å². The molecule has 33 heavy (non-hydrogen) atoms. The van der Waals surface area contributed by atoms with E-state index in [1.807, 2.05) is 77.1 Å². The maximum Gasteiger partial charge on any atom is 0.414 e. The molecule has 174 valence electrons. The van der Waals surface area contributed by atoms with Gasteiger partial charge in [0.1, 0.15) is 11.4 Å². The summed E-state index contributed by atoms with van der Waals surface area (Å²) in [5.41, 5.74) is 1.98. The molecule has 1 atom stereocenters. The van der Waals surface area contributed by atoms with Crippen LogP contribution in [-0.4, -0.2) is 29.1 Å². The normalized spacial score (nSPS) is 12.2. The lowest BCUT2D eigenvalue weighted by Gasteiger charge is -2.26. The van der Waals surface area contributed by atoms with E-state index in [2.05, 4.69) is 10.3 Å². The smallest absolute Gasteiger partial charge is 0.414 e. The van der Waals surface area contributed by atoms with Gasteiger partial charge in [0.2, 0.25) is 11.8 Å². The molecule has 3 rings (SSSR count). The fourth-order valence-electron chi connectivity index (χ4n) is 3.39. The third-order valence-electron chi connectivity index (χ3n) is 4.91. The van der Waals surface area contributed by atoms with E-state index in [-0.39, 0.29) is 18.0 Å². The molecule has 0 aliphatic rings. The number of carbonyl (C=O) groups is 2. The first kappa shape index (κ1) is 24.0. The molecule has 3 aromatic rings. The highest BCUT2D eigenvalue weighted by atomic mass is 16.6. The maximum atomic E-state index is 12.5. The molecular formula is C26H31N3O4. The molecule has 0 spiro atoms. The molecule has 0 saturated heterocycles. The molecule has 0 bridgehead atoms. The largest absolute Gasteiger partial charge is 0.443 e. The van der Waals surface area contributed by atoms with Crippen LogP contribution in [0, 0.1) is 0 Å². The lowest BCUT2D eigenvalue weighted by molar-refractivity contribution is -0.119. The minimum absolute atomic E-state index is 0.0661. The molecule has 2 aromatic carbocycles. The van der Waals surface area contributed by atoms with Crippen molar-refractivity contribution in [3.63, 3.8) is 0 Å². The van der Waals surface area contributed by atoms with Crippen LogP contribution in [0.3, 0.4) is 0 Å². The molecule has 1 N–H and O–H groups in total. The average Bonchev–Trinajstić information content (AvgIpc) is 2.73. The molecule has 0 aliphatic heterocycles. The summed E-state index contributed by atoms with van der Waals surface area (Å²) in [4.78, 5) is 29.9. The van der Waals surface area contributed by atoms with E-state index in [0.717, 1.165) is 22.2 Å². The topological polar surface area (TPSA) is 80.8 Å². The van der Waals surface area contributed by atoms with Gasteiger partial charge in [0.25, 0.3) is 0 Å². The van der Waals surface area contributed by atoms with Gasteiger partial charge in [0.05, 0.1) is 11.6 Å². The summed E-state index contributed by atoms with van der Waals surface area (Å²) < 4.78 is 11.4. The fourth-order valence-corrected chi connectivity index (χ4v) is 3.39. The van der Waals surface area contributed by atoms with Crippen LogP contribution < -0.4 is 15.0 Å². The molecule has 0 aliphatic carbocycles. The second-order valence-electron chi connectivity index (χ2n) is 8.84. The molecule has 1 heterocycles. The summed E-state index contributed by atoms with van der Waals surface area (Å²) in [7, 11) is 0. The van der Waals surface area contributed by atoms with Crippen molar-refractivity contribution in [2.45, 2.75) is 53.2 Å². The third-order valence-corrected chi connectivity index (χ3v) is 4.91. The van der Waals surface area contributed by atoms with E-state index in [1.165, 1.54) is 6.92 Å². The summed E-state index contributed by atoms with van der Waals surface area (Å²) in [5.74, 6) is 1.02. The van der Waals surface area contributed by atoms with Gasteiger partial charge in [0.15, 0.2) is 0 Å². The van der Waals surface area contributed by atoms with Crippen molar-refractivity contribution in [1.82, 2.24) is 10.3 Å². The SMILES string of the molecule is CCN(C(=O)OC(C)(C)C)c1ccc(Oc2ccc3cc(C(C)NC(C)=O)ccc3n2)cc1. The van der Waals surface area contributed by atoms with Crippen molar-refractivity contribution in [3.05, 3.63) is 60.2 Å². The van der Waals surface area contributed by atoms with Crippen LogP contribution in [0.2, 0.25) is 0 Å². The summed E-state index contributed by atoms with van der Waals surface area (Å²) in [6.45, 7) is 11.4. The Balaban J connectivity index is 1.73. The summed E-state index contributed by atoms with van der Waals surface area (Å²) in [5, 5.41) is 3.85. The van der Waals surface area contributed by atoms with E-state index in [0.29, 0.717) is 18.2 Å². The van der Waals surface area contributed by atoms with Crippen LogP contribution in [0.1, 0.15) is 53.1 Å². The van der Waals surface area contributed by atoms with Crippen molar-refractivity contribution < 1.29 is 19.1 Å². The van der Waals surface area contributed by atoms with Crippen LogP contribution in [-0.2, 0) is 9.53 Å². The Kier molecular flexibility index (Phi) is 7.21. The van der Waals surface area contributed by atoms with Gasteiger partial charge in [-0.1, -0.05) is 6.07 Å². The number of aromatic nitrogens is 1. The highest BCUT2D eigenvalue weighted by Gasteiger charge is 2.22. The van der Waals surface area contributed by atoms with E-state index < -0.39 is 5.60 Å². The van der Waals surface area contributed by atoms with Crippen LogP contribution in [0.4, 0.5) is 10.5 Å². The molecule has 7 heteroatoms.